The van der Waals surface area contributed by atoms with Crippen LogP contribution in [0, 0.1) is 0 Å². The SMILES string of the molecule is COc1ccc(-c2cccc3sc(C(=O)N4CCOCC4)cc23)cn1. The van der Waals surface area contributed by atoms with Gasteiger partial charge in [0.1, 0.15) is 0 Å². The van der Waals surface area contributed by atoms with Crippen LogP contribution in [0.15, 0.2) is 42.6 Å². The zero-order chi connectivity index (χ0) is 17.2. The molecule has 0 saturated carbocycles. The number of morpholine rings is 1. The van der Waals surface area contributed by atoms with Gasteiger partial charge in [0.25, 0.3) is 5.91 Å². The summed E-state index contributed by atoms with van der Waals surface area (Å²) in [6, 6.07) is 12.0. The van der Waals surface area contributed by atoms with Crippen LogP contribution in [0.1, 0.15) is 9.67 Å². The molecule has 0 radical (unpaired) electrons. The number of rotatable bonds is 3. The molecule has 1 fully saturated rings. The van der Waals surface area contributed by atoms with E-state index in [1.807, 2.05) is 29.2 Å². The third kappa shape index (κ3) is 3.10. The van der Waals surface area contributed by atoms with Gasteiger partial charge in [-0.25, -0.2) is 4.98 Å². The molecule has 3 aromatic rings. The molecule has 1 aromatic carbocycles. The predicted molar refractivity (Wildman–Crippen MR) is 98.3 cm³/mol. The molecule has 1 aliphatic heterocycles. The summed E-state index contributed by atoms with van der Waals surface area (Å²) in [6.07, 6.45) is 1.80. The summed E-state index contributed by atoms with van der Waals surface area (Å²) in [4.78, 5) is 19.7. The van der Waals surface area contributed by atoms with Gasteiger partial charge in [0, 0.05) is 41.0 Å². The van der Waals surface area contributed by atoms with Crippen LogP contribution in [0.4, 0.5) is 0 Å². The molecule has 0 N–H and O–H groups in total. The second-order valence-electron chi connectivity index (χ2n) is 5.82. The van der Waals surface area contributed by atoms with E-state index in [-0.39, 0.29) is 5.91 Å². The molecule has 3 heterocycles. The standard InChI is InChI=1S/C19H18N2O3S/c1-23-18-6-5-13(12-20-18)14-3-2-4-16-15(14)11-17(25-16)19(22)21-7-9-24-10-8-21/h2-6,11-12H,7-10H2,1H3. The Morgan fingerprint density at radius 1 is 1.24 bits per heavy atom. The number of fused-ring (bicyclic) bond motifs is 1. The van der Waals surface area contributed by atoms with Crippen molar-refractivity contribution in [2.75, 3.05) is 33.4 Å². The van der Waals surface area contributed by atoms with Crippen molar-refractivity contribution in [1.82, 2.24) is 9.88 Å². The van der Waals surface area contributed by atoms with Gasteiger partial charge in [-0.15, -0.1) is 11.3 Å². The van der Waals surface area contributed by atoms with Crippen LogP contribution in [0.5, 0.6) is 5.88 Å². The highest BCUT2D eigenvalue weighted by molar-refractivity contribution is 7.20. The highest BCUT2D eigenvalue weighted by atomic mass is 32.1. The average Bonchev–Trinajstić information content (AvgIpc) is 3.12. The summed E-state index contributed by atoms with van der Waals surface area (Å²) in [6.45, 7) is 2.53. The molecular formula is C19H18N2O3S. The quantitative estimate of drug-likeness (QED) is 0.723. The van der Waals surface area contributed by atoms with Crippen molar-refractivity contribution in [3.05, 3.63) is 47.5 Å². The van der Waals surface area contributed by atoms with Crippen LogP contribution < -0.4 is 4.74 Å². The van der Waals surface area contributed by atoms with E-state index in [2.05, 4.69) is 17.1 Å². The minimum atomic E-state index is 0.0864. The van der Waals surface area contributed by atoms with Crippen molar-refractivity contribution >= 4 is 27.3 Å². The number of hydrogen-bond acceptors (Lipinski definition) is 5. The Balaban J connectivity index is 1.71. The van der Waals surface area contributed by atoms with Crippen molar-refractivity contribution < 1.29 is 14.3 Å². The van der Waals surface area contributed by atoms with Gasteiger partial charge in [0.2, 0.25) is 5.88 Å². The van der Waals surface area contributed by atoms with Gasteiger partial charge in [-0.1, -0.05) is 12.1 Å². The Kier molecular flexibility index (Phi) is 4.38. The Hall–Kier alpha value is -2.44. The highest BCUT2D eigenvalue weighted by Gasteiger charge is 2.21. The maximum Gasteiger partial charge on any atom is 0.264 e. The molecule has 0 spiro atoms. The van der Waals surface area contributed by atoms with E-state index in [9.17, 15) is 4.79 Å². The number of carbonyl (C=O) groups is 1. The van der Waals surface area contributed by atoms with Gasteiger partial charge < -0.3 is 14.4 Å². The maximum atomic E-state index is 12.8. The number of amides is 1. The summed E-state index contributed by atoms with van der Waals surface area (Å²) in [5.41, 5.74) is 2.08. The fraction of sp³-hybridized carbons (Fsp3) is 0.263. The number of thiophene rings is 1. The first-order chi connectivity index (χ1) is 12.3. The van der Waals surface area contributed by atoms with E-state index in [0.29, 0.717) is 32.2 Å². The Labute approximate surface area is 149 Å². The third-order valence-electron chi connectivity index (χ3n) is 4.33. The molecule has 0 atom stereocenters. The average molecular weight is 354 g/mol. The second-order valence-corrected chi connectivity index (χ2v) is 6.91. The molecule has 4 rings (SSSR count). The molecule has 5 nitrogen and oxygen atoms in total. The van der Waals surface area contributed by atoms with Crippen LogP contribution in [-0.2, 0) is 4.74 Å². The van der Waals surface area contributed by atoms with E-state index >= 15 is 0 Å². The van der Waals surface area contributed by atoms with Gasteiger partial charge in [-0.05, 0) is 23.8 Å². The molecule has 128 valence electrons. The lowest BCUT2D eigenvalue weighted by molar-refractivity contribution is 0.0306. The first kappa shape index (κ1) is 16.1. The summed E-state index contributed by atoms with van der Waals surface area (Å²) in [5.74, 6) is 0.674. The monoisotopic (exact) mass is 354 g/mol. The van der Waals surface area contributed by atoms with E-state index < -0.39 is 0 Å². The number of nitrogens with zero attached hydrogens (tertiary/aromatic N) is 2. The molecule has 0 unspecified atom stereocenters. The lowest BCUT2D eigenvalue weighted by atomic mass is 10.0. The van der Waals surface area contributed by atoms with Crippen LogP contribution in [0.3, 0.4) is 0 Å². The van der Waals surface area contributed by atoms with Crippen LogP contribution in [0.25, 0.3) is 21.2 Å². The van der Waals surface area contributed by atoms with Crippen molar-refractivity contribution in [3.8, 4) is 17.0 Å². The van der Waals surface area contributed by atoms with Crippen LogP contribution >= 0.6 is 11.3 Å². The molecule has 2 aromatic heterocycles. The largest absolute Gasteiger partial charge is 0.481 e. The molecular weight excluding hydrogens is 336 g/mol. The van der Waals surface area contributed by atoms with Gasteiger partial charge in [0.15, 0.2) is 0 Å². The minimum Gasteiger partial charge on any atom is -0.481 e. The molecule has 1 saturated heterocycles. The fourth-order valence-corrected chi connectivity index (χ4v) is 4.06. The zero-order valence-electron chi connectivity index (χ0n) is 13.9. The van der Waals surface area contributed by atoms with E-state index in [1.165, 1.54) is 11.3 Å². The number of hydrogen-bond donors (Lipinski definition) is 0. The predicted octanol–water partition coefficient (Wildman–Crippen LogP) is 3.44. The molecule has 0 bridgehead atoms. The molecule has 25 heavy (non-hydrogen) atoms. The number of benzene rings is 1. The first-order valence-corrected chi connectivity index (χ1v) is 8.98. The lowest BCUT2D eigenvalue weighted by Crippen LogP contribution is -2.40. The summed E-state index contributed by atoms with van der Waals surface area (Å²) >= 11 is 1.54. The van der Waals surface area contributed by atoms with Crippen molar-refractivity contribution in [1.29, 1.82) is 0 Å². The number of carbonyl (C=O) groups excluding carboxylic acids is 1. The molecule has 6 heteroatoms. The maximum absolute atomic E-state index is 12.8. The van der Waals surface area contributed by atoms with E-state index in [0.717, 1.165) is 26.1 Å². The Morgan fingerprint density at radius 3 is 2.80 bits per heavy atom. The fourth-order valence-electron chi connectivity index (χ4n) is 3.00. The second kappa shape index (κ2) is 6.82. The van der Waals surface area contributed by atoms with E-state index in [4.69, 9.17) is 9.47 Å². The normalized spacial score (nSPS) is 14.7. The summed E-state index contributed by atoms with van der Waals surface area (Å²) in [5, 5.41) is 1.08. The van der Waals surface area contributed by atoms with Gasteiger partial charge >= 0.3 is 0 Å². The van der Waals surface area contributed by atoms with Crippen molar-refractivity contribution in [2.24, 2.45) is 0 Å². The van der Waals surface area contributed by atoms with Crippen molar-refractivity contribution in [3.63, 3.8) is 0 Å². The smallest absolute Gasteiger partial charge is 0.264 e. The minimum absolute atomic E-state index is 0.0864. The lowest BCUT2D eigenvalue weighted by Gasteiger charge is -2.26. The third-order valence-corrected chi connectivity index (χ3v) is 5.42. The van der Waals surface area contributed by atoms with E-state index in [1.54, 1.807) is 13.3 Å². The Morgan fingerprint density at radius 2 is 2.08 bits per heavy atom. The van der Waals surface area contributed by atoms with Gasteiger partial charge in [-0.2, -0.15) is 0 Å². The topological polar surface area (TPSA) is 51.7 Å². The zero-order valence-corrected chi connectivity index (χ0v) is 14.7. The van der Waals surface area contributed by atoms with Crippen molar-refractivity contribution in [2.45, 2.75) is 0 Å². The first-order valence-electron chi connectivity index (χ1n) is 8.16. The Bertz CT molecular complexity index is 899. The number of pyridine rings is 1. The number of methoxy groups -OCH3 is 1. The number of ether oxygens (including phenoxy) is 2. The number of aromatic nitrogens is 1. The molecule has 0 aliphatic carbocycles. The van der Waals surface area contributed by atoms with Gasteiger partial charge in [0.05, 0.1) is 25.2 Å². The molecule has 1 aliphatic rings. The van der Waals surface area contributed by atoms with Crippen LogP contribution in [-0.4, -0.2) is 49.2 Å². The summed E-state index contributed by atoms with van der Waals surface area (Å²) < 4.78 is 11.6. The van der Waals surface area contributed by atoms with Crippen LogP contribution in [0.2, 0.25) is 0 Å². The summed E-state index contributed by atoms with van der Waals surface area (Å²) in [7, 11) is 1.60. The van der Waals surface area contributed by atoms with Gasteiger partial charge in [-0.3, -0.25) is 4.79 Å². The highest BCUT2D eigenvalue weighted by Crippen LogP contribution is 2.34. The molecule has 1 amide bonds.